The Morgan fingerprint density at radius 1 is 1.08 bits per heavy atom. The van der Waals surface area contributed by atoms with Gasteiger partial charge >= 0.3 is 0 Å². The Kier molecular flexibility index (Phi) is 4.74. The average Bonchev–Trinajstić information content (AvgIpc) is 3.25. The number of aromatic nitrogens is 1. The van der Waals surface area contributed by atoms with Crippen molar-refractivity contribution in [3.05, 3.63) is 66.0 Å². The van der Waals surface area contributed by atoms with Crippen LogP contribution in [0, 0.1) is 0 Å². The number of nitrogens with zero attached hydrogens (tertiary/aromatic N) is 1. The molecular formula is C19H20N2O4. The molecule has 0 aliphatic carbocycles. The van der Waals surface area contributed by atoms with E-state index in [2.05, 4.69) is 10.3 Å². The summed E-state index contributed by atoms with van der Waals surface area (Å²) in [7, 11) is 0. The third kappa shape index (κ3) is 3.56. The summed E-state index contributed by atoms with van der Waals surface area (Å²) >= 11 is 0. The van der Waals surface area contributed by atoms with Gasteiger partial charge in [-0.1, -0.05) is 36.4 Å². The Morgan fingerprint density at radius 2 is 1.88 bits per heavy atom. The number of carbonyl (C=O) groups is 1. The fourth-order valence-corrected chi connectivity index (χ4v) is 3.25. The highest BCUT2D eigenvalue weighted by Crippen LogP contribution is 2.29. The highest BCUT2D eigenvalue weighted by molar-refractivity contribution is 5.92. The molecule has 4 atom stereocenters. The fourth-order valence-electron chi connectivity index (χ4n) is 3.25. The maximum absolute atomic E-state index is 12.3. The van der Waals surface area contributed by atoms with Crippen LogP contribution in [0.5, 0.6) is 0 Å². The van der Waals surface area contributed by atoms with Crippen molar-refractivity contribution in [2.45, 2.75) is 31.0 Å². The number of benzene rings is 1. The lowest BCUT2D eigenvalue weighted by molar-refractivity contribution is -0.0392. The molecular weight excluding hydrogens is 320 g/mol. The minimum Gasteiger partial charge on any atom is -0.370 e. The first-order valence-electron chi connectivity index (χ1n) is 8.42. The maximum Gasteiger partial charge on any atom is 0.270 e. The van der Waals surface area contributed by atoms with Crippen molar-refractivity contribution < 1.29 is 19.0 Å². The summed E-state index contributed by atoms with van der Waals surface area (Å²) in [6, 6.07) is 15.1. The number of ether oxygens (including phenoxy) is 3. The number of pyridine rings is 1. The van der Waals surface area contributed by atoms with Gasteiger partial charge in [-0.25, -0.2) is 0 Å². The highest BCUT2D eigenvalue weighted by Gasteiger charge is 2.48. The zero-order chi connectivity index (χ0) is 17.1. The van der Waals surface area contributed by atoms with Gasteiger partial charge in [0.1, 0.15) is 24.0 Å². The van der Waals surface area contributed by atoms with E-state index in [9.17, 15) is 4.79 Å². The molecule has 0 bridgehead atoms. The van der Waals surface area contributed by atoms with E-state index in [0.717, 1.165) is 5.56 Å². The molecule has 1 N–H and O–H groups in total. The number of rotatable bonds is 5. The minimum absolute atomic E-state index is 0.123. The van der Waals surface area contributed by atoms with Crippen LogP contribution in [0.4, 0.5) is 0 Å². The molecule has 6 heteroatoms. The van der Waals surface area contributed by atoms with Gasteiger partial charge < -0.3 is 19.5 Å². The molecule has 2 fully saturated rings. The van der Waals surface area contributed by atoms with Crippen LogP contribution in [0.3, 0.4) is 0 Å². The van der Waals surface area contributed by atoms with E-state index >= 15 is 0 Å². The average molecular weight is 340 g/mol. The predicted octanol–water partition coefficient (Wildman–Crippen LogP) is 1.56. The number of hydrogen-bond acceptors (Lipinski definition) is 5. The molecule has 0 spiro atoms. The quantitative estimate of drug-likeness (QED) is 0.895. The number of carbonyl (C=O) groups excluding carboxylic acids is 1. The molecule has 1 aromatic heterocycles. The Labute approximate surface area is 146 Å². The Bertz CT molecular complexity index is 710. The van der Waals surface area contributed by atoms with E-state index in [-0.39, 0.29) is 30.3 Å². The van der Waals surface area contributed by atoms with Crippen LogP contribution in [-0.4, -0.2) is 48.5 Å². The maximum atomic E-state index is 12.3. The predicted molar refractivity (Wildman–Crippen MR) is 90.0 cm³/mol. The van der Waals surface area contributed by atoms with Gasteiger partial charge in [0, 0.05) is 6.20 Å². The molecule has 0 radical (unpaired) electrons. The van der Waals surface area contributed by atoms with Crippen LogP contribution in [0.1, 0.15) is 16.1 Å². The summed E-state index contributed by atoms with van der Waals surface area (Å²) in [6.07, 6.45) is 1.13. The molecule has 2 aliphatic heterocycles. The van der Waals surface area contributed by atoms with Crippen molar-refractivity contribution in [3.8, 4) is 0 Å². The van der Waals surface area contributed by atoms with E-state index in [1.54, 1.807) is 24.4 Å². The SMILES string of the molecule is O=C(N[C@H]1CO[C@H]2[C@@H]1OC[C@H]2OCc1ccccc1)c1ccccn1. The number of hydrogen-bond donors (Lipinski definition) is 1. The molecule has 25 heavy (non-hydrogen) atoms. The molecule has 1 amide bonds. The lowest BCUT2D eigenvalue weighted by Crippen LogP contribution is -2.44. The Morgan fingerprint density at radius 3 is 2.68 bits per heavy atom. The van der Waals surface area contributed by atoms with E-state index in [4.69, 9.17) is 14.2 Å². The van der Waals surface area contributed by atoms with Crippen molar-refractivity contribution in [1.82, 2.24) is 10.3 Å². The third-order valence-electron chi connectivity index (χ3n) is 4.53. The Balaban J connectivity index is 1.33. The largest absolute Gasteiger partial charge is 0.370 e. The molecule has 2 saturated heterocycles. The van der Waals surface area contributed by atoms with Crippen LogP contribution in [0.15, 0.2) is 54.7 Å². The zero-order valence-electron chi connectivity index (χ0n) is 13.7. The van der Waals surface area contributed by atoms with Gasteiger partial charge in [0.2, 0.25) is 0 Å². The monoisotopic (exact) mass is 340 g/mol. The number of amides is 1. The van der Waals surface area contributed by atoms with Gasteiger partial charge in [0.05, 0.1) is 25.9 Å². The van der Waals surface area contributed by atoms with Gasteiger partial charge in [-0.3, -0.25) is 9.78 Å². The molecule has 3 heterocycles. The molecule has 6 nitrogen and oxygen atoms in total. The molecule has 1 aromatic carbocycles. The van der Waals surface area contributed by atoms with Crippen LogP contribution >= 0.6 is 0 Å². The van der Waals surface area contributed by atoms with Crippen molar-refractivity contribution in [3.63, 3.8) is 0 Å². The summed E-state index contributed by atoms with van der Waals surface area (Å²) in [5.74, 6) is -0.216. The van der Waals surface area contributed by atoms with Gasteiger partial charge in [-0.2, -0.15) is 0 Å². The molecule has 2 aliphatic rings. The van der Waals surface area contributed by atoms with Gasteiger partial charge in [-0.15, -0.1) is 0 Å². The van der Waals surface area contributed by atoms with Crippen LogP contribution in [-0.2, 0) is 20.8 Å². The summed E-state index contributed by atoms with van der Waals surface area (Å²) in [5, 5.41) is 2.95. The summed E-state index contributed by atoms with van der Waals surface area (Å²) in [5.41, 5.74) is 1.50. The lowest BCUT2D eigenvalue weighted by atomic mass is 10.1. The van der Waals surface area contributed by atoms with Crippen molar-refractivity contribution in [2.24, 2.45) is 0 Å². The van der Waals surface area contributed by atoms with Crippen LogP contribution in [0.25, 0.3) is 0 Å². The van der Waals surface area contributed by atoms with Crippen molar-refractivity contribution >= 4 is 5.91 Å². The second-order valence-corrected chi connectivity index (χ2v) is 6.23. The van der Waals surface area contributed by atoms with Gasteiger partial charge in [0.15, 0.2) is 0 Å². The number of nitrogens with one attached hydrogen (secondary N) is 1. The first kappa shape index (κ1) is 16.2. The molecule has 0 saturated carbocycles. The Hall–Kier alpha value is -2.28. The van der Waals surface area contributed by atoms with Crippen LogP contribution in [0.2, 0.25) is 0 Å². The van der Waals surface area contributed by atoms with Gasteiger partial charge in [0.25, 0.3) is 5.91 Å². The van der Waals surface area contributed by atoms with E-state index in [1.807, 2.05) is 30.3 Å². The molecule has 2 aromatic rings. The van der Waals surface area contributed by atoms with Crippen molar-refractivity contribution in [1.29, 1.82) is 0 Å². The van der Waals surface area contributed by atoms with E-state index < -0.39 is 0 Å². The minimum atomic E-state index is -0.216. The smallest absolute Gasteiger partial charge is 0.270 e. The topological polar surface area (TPSA) is 69.7 Å². The molecule has 4 rings (SSSR count). The first-order valence-corrected chi connectivity index (χ1v) is 8.42. The van der Waals surface area contributed by atoms with E-state index in [0.29, 0.717) is 25.5 Å². The molecule has 0 unspecified atom stereocenters. The normalized spacial score (nSPS) is 27.8. The fraction of sp³-hybridized carbons (Fsp3) is 0.368. The van der Waals surface area contributed by atoms with Crippen molar-refractivity contribution in [2.75, 3.05) is 13.2 Å². The van der Waals surface area contributed by atoms with Gasteiger partial charge in [-0.05, 0) is 17.7 Å². The highest BCUT2D eigenvalue weighted by atomic mass is 16.6. The standard InChI is InChI=1S/C19H20N2O4/c22-19(14-8-4-5-9-20-14)21-15-11-24-18-16(12-25-17(15)18)23-10-13-6-2-1-3-7-13/h1-9,15-18H,10-12H2,(H,21,22)/t15-,16+,17+,18+/m0/s1. The lowest BCUT2D eigenvalue weighted by Gasteiger charge is -2.18. The van der Waals surface area contributed by atoms with E-state index in [1.165, 1.54) is 0 Å². The number of fused-ring (bicyclic) bond motifs is 1. The summed E-state index contributed by atoms with van der Waals surface area (Å²) in [6.45, 7) is 1.41. The molecule has 130 valence electrons. The second-order valence-electron chi connectivity index (χ2n) is 6.23. The second kappa shape index (κ2) is 7.31. The van der Waals surface area contributed by atoms with Crippen LogP contribution < -0.4 is 5.32 Å². The third-order valence-corrected chi connectivity index (χ3v) is 4.53. The first-order chi connectivity index (χ1) is 12.3. The summed E-state index contributed by atoms with van der Waals surface area (Å²) in [4.78, 5) is 16.3. The summed E-state index contributed by atoms with van der Waals surface area (Å²) < 4.78 is 17.7. The zero-order valence-corrected chi connectivity index (χ0v) is 13.7.